The molecule has 2 amide bonds. The number of halogens is 1. The molecule has 6 nitrogen and oxygen atoms in total. The van der Waals surface area contributed by atoms with Gasteiger partial charge in [-0.25, -0.2) is 0 Å². The van der Waals surface area contributed by atoms with Crippen molar-refractivity contribution in [2.45, 2.75) is 51.0 Å². The van der Waals surface area contributed by atoms with Crippen molar-refractivity contribution in [3.8, 4) is 0 Å². The maximum atomic E-state index is 12.8. The molecular weight excluding hydrogens is 352 g/mol. The molecule has 2 heterocycles. The van der Waals surface area contributed by atoms with E-state index in [2.05, 4.69) is 15.5 Å². The van der Waals surface area contributed by atoms with Crippen LogP contribution in [0.1, 0.15) is 55.8 Å². The van der Waals surface area contributed by atoms with Gasteiger partial charge in [-0.1, -0.05) is 6.92 Å². The van der Waals surface area contributed by atoms with Crippen molar-refractivity contribution in [2.24, 2.45) is 5.73 Å². The van der Waals surface area contributed by atoms with Crippen LogP contribution in [0.4, 0.5) is 11.4 Å². The summed E-state index contributed by atoms with van der Waals surface area (Å²) in [7, 11) is 0. The third-order valence-corrected chi connectivity index (χ3v) is 5.50. The van der Waals surface area contributed by atoms with Crippen LogP contribution in [-0.4, -0.2) is 37.0 Å². The number of benzene rings is 1. The number of anilines is 2. The van der Waals surface area contributed by atoms with Crippen LogP contribution in [-0.2, 0) is 4.79 Å². The Morgan fingerprint density at radius 1 is 1.23 bits per heavy atom. The smallest absolute Gasteiger partial charge is 0.250 e. The van der Waals surface area contributed by atoms with Crippen LogP contribution in [0.25, 0.3) is 0 Å². The Balaban J connectivity index is 0.00000243. The second-order valence-corrected chi connectivity index (χ2v) is 7.06. The number of carbonyl (C=O) groups is 2. The van der Waals surface area contributed by atoms with E-state index in [1.54, 1.807) is 12.1 Å². The minimum absolute atomic E-state index is 0. The zero-order chi connectivity index (χ0) is 17.9. The van der Waals surface area contributed by atoms with Crippen molar-refractivity contribution in [3.05, 3.63) is 23.8 Å². The minimum Gasteiger partial charge on any atom is -0.371 e. The van der Waals surface area contributed by atoms with E-state index < -0.39 is 11.4 Å². The third-order valence-electron chi connectivity index (χ3n) is 5.50. The molecule has 1 unspecified atom stereocenters. The van der Waals surface area contributed by atoms with Crippen LogP contribution in [0.15, 0.2) is 18.2 Å². The normalized spacial score (nSPS) is 22.6. The second-order valence-electron chi connectivity index (χ2n) is 7.06. The first kappa shape index (κ1) is 20.5. The maximum absolute atomic E-state index is 12.8. The number of hydrogen-bond donors (Lipinski definition) is 3. The summed E-state index contributed by atoms with van der Waals surface area (Å²) in [6, 6.07) is 5.38. The summed E-state index contributed by atoms with van der Waals surface area (Å²) in [6.07, 6.45) is 6.06. The molecule has 0 radical (unpaired) electrons. The van der Waals surface area contributed by atoms with Crippen molar-refractivity contribution >= 4 is 35.6 Å². The van der Waals surface area contributed by atoms with Gasteiger partial charge in [-0.15, -0.1) is 12.4 Å². The number of piperidine rings is 1. The van der Waals surface area contributed by atoms with Gasteiger partial charge in [0.05, 0.1) is 16.8 Å². The highest BCUT2D eigenvalue weighted by Gasteiger charge is 2.39. The van der Waals surface area contributed by atoms with Crippen molar-refractivity contribution < 1.29 is 9.59 Å². The molecule has 4 N–H and O–H groups in total. The van der Waals surface area contributed by atoms with Gasteiger partial charge >= 0.3 is 0 Å². The summed E-state index contributed by atoms with van der Waals surface area (Å²) in [5.74, 6) is -0.426. The number of hydrogen-bond acceptors (Lipinski definition) is 4. The van der Waals surface area contributed by atoms with Gasteiger partial charge in [0.15, 0.2) is 0 Å². The fourth-order valence-electron chi connectivity index (χ4n) is 3.93. The molecular formula is C19H29ClN4O2. The summed E-state index contributed by atoms with van der Waals surface area (Å²) in [5, 5.41) is 6.39. The number of primary amides is 1. The Morgan fingerprint density at radius 2 is 1.96 bits per heavy atom. The zero-order valence-electron chi connectivity index (χ0n) is 15.3. The first-order valence-corrected chi connectivity index (χ1v) is 9.31. The predicted octanol–water partition coefficient (Wildman–Crippen LogP) is 2.67. The first-order valence-electron chi connectivity index (χ1n) is 9.31. The fourth-order valence-corrected chi connectivity index (χ4v) is 3.93. The van der Waals surface area contributed by atoms with Crippen LogP contribution < -0.4 is 21.3 Å². The van der Waals surface area contributed by atoms with E-state index in [4.69, 9.17) is 5.73 Å². The van der Waals surface area contributed by atoms with Crippen molar-refractivity contribution in [1.82, 2.24) is 5.32 Å². The minimum atomic E-state index is -0.479. The number of nitrogens with one attached hydrogen (secondary N) is 2. The molecule has 2 saturated heterocycles. The molecule has 1 aromatic carbocycles. The van der Waals surface area contributed by atoms with Crippen molar-refractivity contribution in [1.29, 1.82) is 0 Å². The zero-order valence-corrected chi connectivity index (χ0v) is 16.2. The van der Waals surface area contributed by atoms with Crippen LogP contribution in [0.5, 0.6) is 0 Å². The Hall–Kier alpha value is -1.79. The number of nitrogens with two attached hydrogens (primary N) is 1. The summed E-state index contributed by atoms with van der Waals surface area (Å²) in [5.41, 5.74) is 7.14. The molecule has 0 spiro atoms. The van der Waals surface area contributed by atoms with Gasteiger partial charge in [0.1, 0.15) is 0 Å². The molecule has 0 bridgehead atoms. The van der Waals surface area contributed by atoms with Crippen LogP contribution in [0.3, 0.4) is 0 Å². The Bertz CT molecular complexity index is 653. The van der Waals surface area contributed by atoms with E-state index in [-0.39, 0.29) is 18.3 Å². The topological polar surface area (TPSA) is 87.5 Å². The molecule has 2 aliphatic rings. The standard InChI is InChI=1S/C19H28N4O2.ClH/c1-2-19(9-6-10-21-19)18(25)22-14-7-8-15(17(20)24)16(13-14)23-11-4-3-5-12-23;/h7-8,13,21H,2-6,9-12H2,1H3,(H2,20,24)(H,22,25);1H. The van der Waals surface area contributed by atoms with Gasteiger partial charge in [-0.2, -0.15) is 0 Å². The lowest BCUT2D eigenvalue weighted by Gasteiger charge is -2.31. The highest BCUT2D eigenvalue weighted by molar-refractivity contribution is 6.02. The Kier molecular flexibility index (Phi) is 6.89. The molecule has 0 saturated carbocycles. The van der Waals surface area contributed by atoms with Gasteiger partial charge < -0.3 is 21.3 Å². The molecule has 2 fully saturated rings. The lowest BCUT2D eigenvalue weighted by Crippen LogP contribution is -2.50. The molecule has 3 rings (SSSR count). The fraction of sp³-hybridized carbons (Fsp3) is 0.579. The average molecular weight is 381 g/mol. The highest BCUT2D eigenvalue weighted by atomic mass is 35.5. The van der Waals surface area contributed by atoms with Gasteiger partial charge in [-0.05, 0) is 63.3 Å². The average Bonchev–Trinajstić information content (AvgIpc) is 3.12. The molecule has 2 aliphatic heterocycles. The summed E-state index contributed by atoms with van der Waals surface area (Å²) >= 11 is 0. The van der Waals surface area contributed by atoms with E-state index in [1.807, 2.05) is 13.0 Å². The highest BCUT2D eigenvalue weighted by Crippen LogP contribution is 2.29. The number of carbonyl (C=O) groups excluding carboxylic acids is 2. The van der Waals surface area contributed by atoms with Gasteiger partial charge in [-0.3, -0.25) is 9.59 Å². The Morgan fingerprint density at radius 3 is 2.54 bits per heavy atom. The second kappa shape index (κ2) is 8.73. The number of nitrogens with zero attached hydrogens (tertiary/aromatic N) is 1. The largest absolute Gasteiger partial charge is 0.371 e. The van der Waals surface area contributed by atoms with E-state index in [0.29, 0.717) is 5.56 Å². The molecule has 7 heteroatoms. The monoisotopic (exact) mass is 380 g/mol. The molecule has 144 valence electrons. The van der Waals surface area contributed by atoms with Crippen LogP contribution >= 0.6 is 12.4 Å². The van der Waals surface area contributed by atoms with Crippen LogP contribution in [0.2, 0.25) is 0 Å². The molecule has 0 aromatic heterocycles. The maximum Gasteiger partial charge on any atom is 0.250 e. The van der Waals surface area contributed by atoms with Crippen LogP contribution in [0, 0.1) is 0 Å². The predicted molar refractivity (Wildman–Crippen MR) is 107 cm³/mol. The molecule has 0 aliphatic carbocycles. The molecule has 1 aromatic rings. The number of amides is 2. The van der Waals surface area contributed by atoms with Gasteiger partial charge in [0.25, 0.3) is 5.91 Å². The lowest BCUT2D eigenvalue weighted by molar-refractivity contribution is -0.122. The summed E-state index contributed by atoms with van der Waals surface area (Å²) in [6.45, 7) is 4.74. The van der Waals surface area contributed by atoms with Gasteiger partial charge in [0, 0.05) is 18.8 Å². The van der Waals surface area contributed by atoms with E-state index in [9.17, 15) is 9.59 Å². The SMILES string of the molecule is CCC1(C(=O)Nc2ccc(C(N)=O)c(N3CCCCC3)c2)CCCN1.Cl. The third kappa shape index (κ3) is 4.13. The van der Waals surface area contributed by atoms with E-state index >= 15 is 0 Å². The van der Waals surface area contributed by atoms with E-state index in [0.717, 1.165) is 63.1 Å². The van der Waals surface area contributed by atoms with Gasteiger partial charge in [0.2, 0.25) is 5.91 Å². The molecule has 1 atom stereocenters. The summed E-state index contributed by atoms with van der Waals surface area (Å²) < 4.78 is 0. The van der Waals surface area contributed by atoms with Crippen molar-refractivity contribution in [3.63, 3.8) is 0 Å². The van der Waals surface area contributed by atoms with Crippen molar-refractivity contribution in [2.75, 3.05) is 29.9 Å². The summed E-state index contributed by atoms with van der Waals surface area (Å²) in [4.78, 5) is 26.8. The first-order chi connectivity index (χ1) is 12.1. The quantitative estimate of drug-likeness (QED) is 0.732. The molecule has 26 heavy (non-hydrogen) atoms. The Labute approximate surface area is 161 Å². The number of rotatable bonds is 5. The lowest BCUT2D eigenvalue weighted by atomic mass is 9.93. The van der Waals surface area contributed by atoms with E-state index in [1.165, 1.54) is 6.42 Å².